The number of rotatable bonds is 10. The Morgan fingerprint density at radius 3 is 1.05 bits per heavy atom. The van der Waals surface area contributed by atoms with Gasteiger partial charge in [-0.3, -0.25) is 0 Å². The van der Waals surface area contributed by atoms with Gasteiger partial charge < -0.3 is 19.7 Å². The second-order valence-corrected chi connectivity index (χ2v) is 12.9. The fourth-order valence-electron chi connectivity index (χ4n) is 3.95. The SMILES string of the molecule is CC(CC(C)Oc1ccc(S(=O)(=O)c2ccc(O)cc2)cc1)Oc1ccc(S(=O)(=O)c2ccc(O)cc2)cc1. The van der Waals surface area contributed by atoms with Crippen molar-refractivity contribution in [3.8, 4) is 23.0 Å². The highest BCUT2D eigenvalue weighted by atomic mass is 32.2. The fraction of sp³-hybridized carbons (Fsp3) is 0.172. The summed E-state index contributed by atoms with van der Waals surface area (Å²) in [4.78, 5) is 0.389. The van der Waals surface area contributed by atoms with Gasteiger partial charge in [-0.15, -0.1) is 0 Å². The van der Waals surface area contributed by atoms with E-state index in [1.54, 1.807) is 24.3 Å². The largest absolute Gasteiger partial charge is 0.508 e. The maximum absolute atomic E-state index is 12.8. The maximum Gasteiger partial charge on any atom is 0.206 e. The zero-order chi connectivity index (χ0) is 28.2. The van der Waals surface area contributed by atoms with Gasteiger partial charge in [-0.2, -0.15) is 0 Å². The van der Waals surface area contributed by atoms with E-state index < -0.39 is 19.7 Å². The van der Waals surface area contributed by atoms with Crippen LogP contribution < -0.4 is 9.47 Å². The first-order valence-electron chi connectivity index (χ1n) is 12.1. The Morgan fingerprint density at radius 1 is 0.513 bits per heavy atom. The molecule has 2 N–H and O–H groups in total. The number of sulfone groups is 2. The van der Waals surface area contributed by atoms with E-state index in [0.29, 0.717) is 17.9 Å². The minimum absolute atomic E-state index is 0.0135. The molecule has 0 aliphatic carbocycles. The van der Waals surface area contributed by atoms with Crippen LogP contribution in [-0.4, -0.2) is 39.3 Å². The third-order valence-electron chi connectivity index (χ3n) is 5.90. The Kier molecular flexibility index (Phi) is 8.17. The molecule has 0 saturated carbocycles. The lowest BCUT2D eigenvalue weighted by Gasteiger charge is -2.20. The normalized spacial score (nSPS) is 13.4. The molecule has 8 nitrogen and oxygen atoms in total. The lowest BCUT2D eigenvalue weighted by Crippen LogP contribution is -2.22. The molecule has 2 unspecified atom stereocenters. The molecule has 0 spiro atoms. The molecule has 0 aromatic heterocycles. The maximum atomic E-state index is 12.8. The summed E-state index contributed by atoms with van der Waals surface area (Å²) in [5.74, 6) is 0.979. The van der Waals surface area contributed by atoms with Crippen LogP contribution in [0.2, 0.25) is 0 Å². The predicted molar refractivity (Wildman–Crippen MR) is 145 cm³/mol. The van der Waals surface area contributed by atoms with Crippen LogP contribution in [0.15, 0.2) is 117 Å². The summed E-state index contributed by atoms with van der Waals surface area (Å²) in [6, 6.07) is 22.9. The summed E-state index contributed by atoms with van der Waals surface area (Å²) in [6.45, 7) is 3.74. The van der Waals surface area contributed by atoms with E-state index in [2.05, 4.69) is 0 Å². The van der Waals surface area contributed by atoms with Crippen molar-refractivity contribution in [1.82, 2.24) is 0 Å². The van der Waals surface area contributed by atoms with E-state index in [-0.39, 0.29) is 43.3 Å². The fourth-order valence-corrected chi connectivity index (χ4v) is 6.47. The standard InChI is InChI=1S/C29H28O8S2/c1-20(36-24-7-15-28(16-8-24)38(32,33)26-11-3-22(30)4-12-26)19-21(2)37-25-9-17-29(18-10-25)39(34,35)27-13-5-23(31)6-14-27/h3-18,20-21,30-31H,19H2,1-2H3. The molecule has 39 heavy (non-hydrogen) atoms. The Morgan fingerprint density at radius 2 is 0.769 bits per heavy atom. The summed E-state index contributed by atoms with van der Waals surface area (Å²) in [6.07, 6.45) is 0.00334. The van der Waals surface area contributed by atoms with Crippen molar-refractivity contribution in [2.24, 2.45) is 0 Å². The monoisotopic (exact) mass is 568 g/mol. The number of phenolic OH excluding ortho intramolecular Hbond substituents is 2. The molecular formula is C29H28O8S2. The number of aromatic hydroxyl groups is 2. The van der Waals surface area contributed by atoms with E-state index in [0.717, 1.165) is 0 Å². The predicted octanol–water partition coefficient (Wildman–Crippen LogP) is 5.39. The van der Waals surface area contributed by atoms with Crippen molar-refractivity contribution in [1.29, 1.82) is 0 Å². The highest BCUT2D eigenvalue weighted by Gasteiger charge is 2.20. The minimum atomic E-state index is -3.72. The number of hydrogen-bond donors (Lipinski definition) is 2. The molecule has 0 aliphatic heterocycles. The second kappa shape index (κ2) is 11.4. The third kappa shape index (κ3) is 6.71. The molecule has 0 saturated heterocycles. The molecule has 0 amide bonds. The Bertz CT molecular complexity index is 1490. The van der Waals surface area contributed by atoms with Gasteiger partial charge in [-0.25, -0.2) is 16.8 Å². The van der Waals surface area contributed by atoms with E-state index in [9.17, 15) is 27.0 Å². The molecular weight excluding hydrogens is 540 g/mol. The van der Waals surface area contributed by atoms with Crippen LogP contribution in [0, 0.1) is 0 Å². The van der Waals surface area contributed by atoms with Crippen molar-refractivity contribution in [3.63, 3.8) is 0 Å². The topological polar surface area (TPSA) is 127 Å². The number of phenols is 2. The first-order valence-corrected chi connectivity index (χ1v) is 15.0. The van der Waals surface area contributed by atoms with Crippen molar-refractivity contribution < 1.29 is 36.5 Å². The molecule has 0 radical (unpaired) electrons. The zero-order valence-electron chi connectivity index (χ0n) is 21.3. The van der Waals surface area contributed by atoms with Crippen molar-refractivity contribution in [3.05, 3.63) is 97.1 Å². The average Bonchev–Trinajstić information content (AvgIpc) is 2.89. The zero-order valence-corrected chi connectivity index (χ0v) is 22.9. The third-order valence-corrected chi connectivity index (χ3v) is 9.47. The van der Waals surface area contributed by atoms with Crippen LogP contribution in [0.1, 0.15) is 20.3 Å². The van der Waals surface area contributed by atoms with Gasteiger partial charge in [-0.1, -0.05) is 0 Å². The van der Waals surface area contributed by atoms with Crippen LogP contribution in [-0.2, 0) is 19.7 Å². The number of benzene rings is 4. The smallest absolute Gasteiger partial charge is 0.206 e. The quantitative estimate of drug-likeness (QED) is 0.261. The van der Waals surface area contributed by atoms with Gasteiger partial charge in [0, 0.05) is 6.42 Å². The molecule has 0 bridgehead atoms. The van der Waals surface area contributed by atoms with E-state index in [1.807, 2.05) is 13.8 Å². The van der Waals surface area contributed by atoms with Gasteiger partial charge in [0.05, 0.1) is 31.8 Å². The summed E-state index contributed by atoms with van der Waals surface area (Å²) in [5, 5.41) is 18.8. The van der Waals surface area contributed by atoms with Gasteiger partial charge in [0.15, 0.2) is 0 Å². The lowest BCUT2D eigenvalue weighted by molar-refractivity contribution is 0.131. The van der Waals surface area contributed by atoms with Crippen LogP contribution >= 0.6 is 0 Å². The Labute approximate surface area is 227 Å². The first kappa shape index (κ1) is 28.0. The molecule has 4 rings (SSSR count). The van der Waals surface area contributed by atoms with Crippen molar-refractivity contribution in [2.45, 2.75) is 52.1 Å². The number of ether oxygens (including phenoxy) is 2. The Balaban J connectivity index is 1.33. The summed E-state index contributed by atoms with van der Waals surface area (Å²) in [7, 11) is -7.44. The van der Waals surface area contributed by atoms with Gasteiger partial charge in [-0.05, 0) is 111 Å². The number of hydrogen-bond acceptors (Lipinski definition) is 8. The molecule has 10 heteroatoms. The van der Waals surface area contributed by atoms with Crippen molar-refractivity contribution >= 4 is 19.7 Å². The minimum Gasteiger partial charge on any atom is -0.508 e. The van der Waals surface area contributed by atoms with Gasteiger partial charge in [0.1, 0.15) is 23.0 Å². The van der Waals surface area contributed by atoms with E-state index in [4.69, 9.17) is 9.47 Å². The summed E-state index contributed by atoms with van der Waals surface area (Å²) < 4.78 is 63.0. The highest BCUT2D eigenvalue weighted by molar-refractivity contribution is 7.91. The molecule has 4 aromatic carbocycles. The van der Waals surface area contributed by atoms with Gasteiger partial charge in [0.2, 0.25) is 19.7 Å². The van der Waals surface area contributed by atoms with E-state index in [1.165, 1.54) is 72.8 Å². The van der Waals surface area contributed by atoms with Crippen LogP contribution in [0.5, 0.6) is 23.0 Å². The molecule has 0 heterocycles. The van der Waals surface area contributed by atoms with Gasteiger partial charge >= 0.3 is 0 Å². The second-order valence-electron chi connectivity index (χ2n) is 9.03. The average molecular weight is 569 g/mol. The molecule has 4 aromatic rings. The van der Waals surface area contributed by atoms with Crippen molar-refractivity contribution in [2.75, 3.05) is 0 Å². The molecule has 0 aliphatic rings. The molecule has 204 valence electrons. The summed E-state index contributed by atoms with van der Waals surface area (Å²) in [5.41, 5.74) is 0. The van der Waals surface area contributed by atoms with Crippen LogP contribution in [0.25, 0.3) is 0 Å². The van der Waals surface area contributed by atoms with Crippen LogP contribution in [0.4, 0.5) is 0 Å². The molecule has 2 atom stereocenters. The van der Waals surface area contributed by atoms with E-state index >= 15 is 0 Å². The van der Waals surface area contributed by atoms with Gasteiger partial charge in [0.25, 0.3) is 0 Å². The van der Waals surface area contributed by atoms with Crippen LogP contribution in [0.3, 0.4) is 0 Å². The first-order chi connectivity index (χ1) is 18.4. The lowest BCUT2D eigenvalue weighted by atomic mass is 10.2. The Hall–Kier alpha value is -4.02. The summed E-state index contributed by atoms with van der Waals surface area (Å²) >= 11 is 0. The highest BCUT2D eigenvalue weighted by Crippen LogP contribution is 2.27. The molecule has 0 fully saturated rings.